The topological polar surface area (TPSA) is 56.9 Å². The molecule has 124 valence electrons. The molecule has 0 atom stereocenters. The molecule has 4 heteroatoms. The third-order valence-corrected chi connectivity index (χ3v) is 4.14. The van der Waals surface area contributed by atoms with E-state index in [-0.39, 0.29) is 6.03 Å². The van der Waals surface area contributed by atoms with Crippen LogP contribution in [0.25, 0.3) is 10.9 Å². The van der Waals surface area contributed by atoms with E-state index in [0.717, 1.165) is 17.5 Å². The number of H-pyrrole nitrogens is 1. The Hall–Kier alpha value is -2.75. The number of amides is 2. The summed E-state index contributed by atoms with van der Waals surface area (Å²) in [6, 6.07) is 14.4. The molecule has 1 heterocycles. The summed E-state index contributed by atoms with van der Waals surface area (Å²) in [6.45, 7) is 5.28. The number of aryl methyl sites for hydroxylation is 2. The average Bonchev–Trinajstić information content (AvgIpc) is 2.95. The van der Waals surface area contributed by atoms with Gasteiger partial charge in [-0.3, -0.25) is 0 Å². The van der Waals surface area contributed by atoms with Crippen LogP contribution in [0.1, 0.15) is 22.3 Å². The van der Waals surface area contributed by atoms with Crippen LogP contribution in [0, 0.1) is 13.8 Å². The number of aromatic nitrogens is 1. The average molecular weight is 321 g/mol. The van der Waals surface area contributed by atoms with Crippen LogP contribution in [0.4, 0.5) is 4.79 Å². The molecule has 4 nitrogen and oxygen atoms in total. The van der Waals surface area contributed by atoms with Gasteiger partial charge in [-0.1, -0.05) is 42.0 Å². The van der Waals surface area contributed by atoms with E-state index in [1.54, 1.807) is 0 Å². The Morgan fingerprint density at radius 1 is 1.04 bits per heavy atom. The van der Waals surface area contributed by atoms with E-state index in [4.69, 9.17) is 0 Å². The van der Waals surface area contributed by atoms with Gasteiger partial charge in [0.05, 0.1) is 0 Å². The standard InChI is InChI=1S/C20H23N3O/c1-14-4-3-5-16(10-14)12-23-20(24)21-9-8-17-13-22-19-11-15(2)6-7-18(17)19/h3-7,10-11,13,22H,8-9,12H2,1-2H3,(H2,21,23,24). The van der Waals surface area contributed by atoms with Crippen LogP contribution in [0.5, 0.6) is 0 Å². The first kappa shape index (κ1) is 16.1. The number of carbonyl (C=O) groups is 1. The van der Waals surface area contributed by atoms with E-state index in [9.17, 15) is 4.79 Å². The predicted octanol–water partition coefficient (Wildman–Crippen LogP) is 3.83. The fourth-order valence-electron chi connectivity index (χ4n) is 2.88. The summed E-state index contributed by atoms with van der Waals surface area (Å²) in [5.74, 6) is 0. The van der Waals surface area contributed by atoms with Crippen molar-refractivity contribution in [3.05, 3.63) is 70.9 Å². The number of fused-ring (bicyclic) bond motifs is 1. The van der Waals surface area contributed by atoms with Gasteiger partial charge < -0.3 is 15.6 Å². The third kappa shape index (κ3) is 3.96. The molecular weight excluding hydrogens is 298 g/mol. The molecule has 0 aliphatic carbocycles. The lowest BCUT2D eigenvalue weighted by Crippen LogP contribution is -2.36. The molecule has 24 heavy (non-hydrogen) atoms. The molecular formula is C20H23N3O. The first-order valence-corrected chi connectivity index (χ1v) is 8.26. The van der Waals surface area contributed by atoms with Gasteiger partial charge >= 0.3 is 6.03 Å². The van der Waals surface area contributed by atoms with Gasteiger partial charge in [-0.25, -0.2) is 4.79 Å². The van der Waals surface area contributed by atoms with Crippen molar-refractivity contribution in [3.8, 4) is 0 Å². The zero-order valence-corrected chi connectivity index (χ0v) is 14.1. The van der Waals surface area contributed by atoms with Crippen LogP contribution in [-0.2, 0) is 13.0 Å². The highest BCUT2D eigenvalue weighted by Gasteiger charge is 2.05. The van der Waals surface area contributed by atoms with Gasteiger partial charge in [0.25, 0.3) is 0 Å². The van der Waals surface area contributed by atoms with Gasteiger partial charge in [-0.05, 0) is 43.0 Å². The maximum absolute atomic E-state index is 11.9. The van der Waals surface area contributed by atoms with Gasteiger partial charge in [-0.2, -0.15) is 0 Å². The van der Waals surface area contributed by atoms with Crippen molar-refractivity contribution in [2.45, 2.75) is 26.8 Å². The molecule has 1 aromatic heterocycles. The van der Waals surface area contributed by atoms with Gasteiger partial charge in [-0.15, -0.1) is 0 Å². The highest BCUT2D eigenvalue weighted by molar-refractivity contribution is 5.83. The molecule has 0 saturated carbocycles. The second-order valence-electron chi connectivity index (χ2n) is 6.21. The van der Waals surface area contributed by atoms with Crippen LogP contribution in [0.2, 0.25) is 0 Å². The number of aromatic amines is 1. The van der Waals surface area contributed by atoms with Gasteiger partial charge in [0.15, 0.2) is 0 Å². The lowest BCUT2D eigenvalue weighted by Gasteiger charge is -2.08. The van der Waals surface area contributed by atoms with E-state index in [1.165, 1.54) is 22.1 Å². The van der Waals surface area contributed by atoms with Crippen molar-refractivity contribution in [2.75, 3.05) is 6.54 Å². The molecule has 3 N–H and O–H groups in total. The van der Waals surface area contributed by atoms with Crippen LogP contribution >= 0.6 is 0 Å². The third-order valence-electron chi connectivity index (χ3n) is 4.14. The van der Waals surface area contributed by atoms with Crippen molar-refractivity contribution in [3.63, 3.8) is 0 Å². The fourth-order valence-corrected chi connectivity index (χ4v) is 2.88. The second kappa shape index (κ2) is 7.21. The van der Waals surface area contributed by atoms with Crippen LogP contribution in [-0.4, -0.2) is 17.6 Å². The molecule has 0 spiro atoms. The number of hydrogen-bond acceptors (Lipinski definition) is 1. The van der Waals surface area contributed by atoms with Crippen LogP contribution < -0.4 is 10.6 Å². The number of benzene rings is 2. The minimum Gasteiger partial charge on any atom is -0.361 e. The molecule has 0 bridgehead atoms. The maximum atomic E-state index is 11.9. The highest BCUT2D eigenvalue weighted by atomic mass is 16.2. The Bertz CT molecular complexity index is 851. The van der Waals surface area contributed by atoms with Gasteiger partial charge in [0, 0.05) is 30.2 Å². The molecule has 0 fully saturated rings. The lowest BCUT2D eigenvalue weighted by molar-refractivity contribution is 0.240. The molecule has 0 radical (unpaired) electrons. The number of nitrogens with one attached hydrogen (secondary N) is 3. The van der Waals surface area contributed by atoms with Crippen LogP contribution in [0.3, 0.4) is 0 Å². The Kier molecular flexibility index (Phi) is 4.85. The van der Waals surface area contributed by atoms with Gasteiger partial charge in [0.1, 0.15) is 0 Å². The van der Waals surface area contributed by atoms with E-state index in [2.05, 4.69) is 46.8 Å². The summed E-state index contributed by atoms with van der Waals surface area (Å²) in [5.41, 5.74) is 5.92. The SMILES string of the molecule is Cc1cccc(CNC(=O)NCCc2c[nH]c3cc(C)ccc23)c1. The summed E-state index contributed by atoms with van der Waals surface area (Å²) in [4.78, 5) is 15.2. The van der Waals surface area contributed by atoms with Gasteiger partial charge in [0.2, 0.25) is 0 Å². The molecule has 0 unspecified atom stereocenters. The Balaban J connectivity index is 1.48. The second-order valence-corrected chi connectivity index (χ2v) is 6.21. The van der Waals surface area contributed by atoms with E-state index in [1.807, 2.05) is 31.3 Å². The summed E-state index contributed by atoms with van der Waals surface area (Å²) in [7, 11) is 0. The van der Waals surface area contributed by atoms with Crippen LogP contribution in [0.15, 0.2) is 48.7 Å². The molecule has 2 amide bonds. The quantitative estimate of drug-likeness (QED) is 0.657. The highest BCUT2D eigenvalue weighted by Crippen LogP contribution is 2.19. The number of carbonyl (C=O) groups excluding carboxylic acids is 1. The van der Waals surface area contributed by atoms with Crippen molar-refractivity contribution >= 4 is 16.9 Å². The first-order valence-electron chi connectivity index (χ1n) is 8.26. The number of urea groups is 1. The monoisotopic (exact) mass is 321 g/mol. The smallest absolute Gasteiger partial charge is 0.315 e. The Labute approximate surface area is 142 Å². The minimum atomic E-state index is -0.132. The van der Waals surface area contributed by atoms with E-state index < -0.39 is 0 Å². The number of rotatable bonds is 5. The molecule has 3 rings (SSSR count). The zero-order chi connectivity index (χ0) is 16.9. The van der Waals surface area contributed by atoms with Crippen molar-refractivity contribution in [2.24, 2.45) is 0 Å². The largest absolute Gasteiger partial charge is 0.361 e. The molecule has 0 aliphatic rings. The van der Waals surface area contributed by atoms with Crippen molar-refractivity contribution < 1.29 is 4.79 Å². The molecule has 3 aromatic rings. The molecule has 2 aromatic carbocycles. The zero-order valence-electron chi connectivity index (χ0n) is 14.1. The van der Waals surface area contributed by atoms with E-state index >= 15 is 0 Å². The first-order chi connectivity index (χ1) is 11.6. The van der Waals surface area contributed by atoms with E-state index in [0.29, 0.717) is 13.1 Å². The Morgan fingerprint density at radius 3 is 2.71 bits per heavy atom. The minimum absolute atomic E-state index is 0.132. The summed E-state index contributed by atoms with van der Waals surface area (Å²) >= 11 is 0. The number of hydrogen-bond donors (Lipinski definition) is 3. The normalized spacial score (nSPS) is 10.8. The fraction of sp³-hybridized carbons (Fsp3) is 0.250. The lowest BCUT2D eigenvalue weighted by atomic mass is 10.1. The van der Waals surface area contributed by atoms with Crippen molar-refractivity contribution in [1.82, 2.24) is 15.6 Å². The molecule has 0 saturated heterocycles. The Morgan fingerprint density at radius 2 is 1.88 bits per heavy atom. The predicted molar refractivity (Wildman–Crippen MR) is 98.2 cm³/mol. The summed E-state index contributed by atoms with van der Waals surface area (Å²) in [6.07, 6.45) is 2.83. The van der Waals surface area contributed by atoms with Crippen molar-refractivity contribution in [1.29, 1.82) is 0 Å². The summed E-state index contributed by atoms with van der Waals surface area (Å²) < 4.78 is 0. The maximum Gasteiger partial charge on any atom is 0.315 e. The summed E-state index contributed by atoms with van der Waals surface area (Å²) in [5, 5.41) is 7.04. The molecule has 0 aliphatic heterocycles.